The minimum absolute atomic E-state index is 0.0108. The third-order valence-corrected chi connectivity index (χ3v) is 6.64. The first-order valence-electron chi connectivity index (χ1n) is 9.43. The minimum atomic E-state index is -3.86. The SMILES string of the molecule is CCN(CC)S(=O)(=O)c1cc(C(=O)OCC(=O)N(C)c2ccccc2)ccc1OC. The largest absolute Gasteiger partial charge is 0.495 e. The van der Waals surface area contributed by atoms with Crippen LogP contribution in [0.3, 0.4) is 0 Å². The van der Waals surface area contributed by atoms with E-state index in [-0.39, 0.29) is 29.3 Å². The fourth-order valence-corrected chi connectivity index (χ4v) is 4.45. The lowest BCUT2D eigenvalue weighted by atomic mass is 10.2. The maximum absolute atomic E-state index is 12.9. The van der Waals surface area contributed by atoms with Crippen LogP contribution in [0.2, 0.25) is 0 Å². The van der Waals surface area contributed by atoms with Crippen molar-refractivity contribution >= 4 is 27.6 Å². The van der Waals surface area contributed by atoms with Gasteiger partial charge >= 0.3 is 5.97 Å². The van der Waals surface area contributed by atoms with E-state index in [2.05, 4.69) is 0 Å². The van der Waals surface area contributed by atoms with Crippen LogP contribution in [0.5, 0.6) is 5.75 Å². The van der Waals surface area contributed by atoms with E-state index in [9.17, 15) is 18.0 Å². The number of likely N-dealkylation sites (N-methyl/N-ethyl adjacent to an activating group) is 1. The van der Waals surface area contributed by atoms with Gasteiger partial charge in [-0.15, -0.1) is 0 Å². The molecule has 9 heteroatoms. The van der Waals surface area contributed by atoms with E-state index < -0.39 is 28.5 Å². The van der Waals surface area contributed by atoms with Crippen molar-refractivity contribution in [2.45, 2.75) is 18.7 Å². The number of benzene rings is 2. The number of nitrogens with zero attached hydrogens (tertiary/aromatic N) is 2. The normalized spacial score (nSPS) is 11.2. The molecular weight excluding hydrogens is 408 g/mol. The zero-order valence-corrected chi connectivity index (χ0v) is 18.3. The Bertz CT molecular complexity index is 988. The first-order valence-corrected chi connectivity index (χ1v) is 10.9. The Labute approximate surface area is 177 Å². The predicted molar refractivity (Wildman–Crippen MR) is 113 cm³/mol. The molecule has 30 heavy (non-hydrogen) atoms. The second kappa shape index (κ2) is 10.2. The smallest absolute Gasteiger partial charge is 0.338 e. The van der Waals surface area contributed by atoms with Crippen molar-refractivity contribution in [3.8, 4) is 5.75 Å². The maximum atomic E-state index is 12.9. The molecule has 0 bridgehead atoms. The van der Waals surface area contributed by atoms with Gasteiger partial charge in [-0.25, -0.2) is 13.2 Å². The summed E-state index contributed by atoms with van der Waals surface area (Å²) in [4.78, 5) is 26.0. The lowest BCUT2D eigenvalue weighted by Gasteiger charge is -2.20. The molecule has 0 saturated heterocycles. The van der Waals surface area contributed by atoms with Gasteiger partial charge in [0.25, 0.3) is 5.91 Å². The molecule has 0 saturated carbocycles. The zero-order valence-electron chi connectivity index (χ0n) is 17.5. The summed E-state index contributed by atoms with van der Waals surface area (Å²) in [5, 5.41) is 0. The van der Waals surface area contributed by atoms with E-state index >= 15 is 0 Å². The number of anilines is 1. The van der Waals surface area contributed by atoms with Crippen LogP contribution in [0.1, 0.15) is 24.2 Å². The summed E-state index contributed by atoms with van der Waals surface area (Å²) in [7, 11) is -0.924. The Morgan fingerprint density at radius 3 is 2.20 bits per heavy atom. The van der Waals surface area contributed by atoms with Gasteiger partial charge in [-0.1, -0.05) is 32.0 Å². The van der Waals surface area contributed by atoms with Crippen LogP contribution in [-0.4, -0.2) is 58.5 Å². The summed E-state index contributed by atoms with van der Waals surface area (Å²) < 4.78 is 37.3. The molecule has 0 spiro atoms. The Morgan fingerprint density at radius 2 is 1.63 bits per heavy atom. The highest BCUT2D eigenvalue weighted by atomic mass is 32.2. The van der Waals surface area contributed by atoms with Gasteiger partial charge in [0.2, 0.25) is 10.0 Å². The molecule has 1 amide bonds. The van der Waals surface area contributed by atoms with Crippen LogP contribution in [0, 0.1) is 0 Å². The molecule has 0 fully saturated rings. The first kappa shape index (κ1) is 23.4. The number of hydrogen-bond acceptors (Lipinski definition) is 6. The molecule has 0 atom stereocenters. The number of sulfonamides is 1. The number of carbonyl (C=O) groups excluding carboxylic acids is 2. The van der Waals surface area contributed by atoms with Crippen LogP contribution in [0.25, 0.3) is 0 Å². The van der Waals surface area contributed by atoms with Crippen molar-refractivity contribution in [2.24, 2.45) is 0 Å². The van der Waals surface area contributed by atoms with Gasteiger partial charge < -0.3 is 14.4 Å². The molecule has 2 aromatic carbocycles. The number of methoxy groups -OCH3 is 1. The molecule has 0 aliphatic rings. The van der Waals surface area contributed by atoms with Crippen molar-refractivity contribution in [1.82, 2.24) is 4.31 Å². The number of hydrogen-bond donors (Lipinski definition) is 0. The molecule has 0 N–H and O–H groups in total. The number of carbonyl (C=O) groups is 2. The molecule has 2 aromatic rings. The van der Waals surface area contributed by atoms with Crippen molar-refractivity contribution in [1.29, 1.82) is 0 Å². The number of rotatable bonds is 9. The molecule has 2 rings (SSSR count). The van der Waals surface area contributed by atoms with Gasteiger partial charge in [0.15, 0.2) is 6.61 Å². The van der Waals surface area contributed by atoms with E-state index in [1.54, 1.807) is 45.2 Å². The van der Waals surface area contributed by atoms with Crippen LogP contribution >= 0.6 is 0 Å². The zero-order chi connectivity index (χ0) is 22.3. The second-order valence-corrected chi connectivity index (χ2v) is 8.23. The third-order valence-electron chi connectivity index (χ3n) is 4.57. The molecule has 0 radical (unpaired) electrons. The summed E-state index contributed by atoms with van der Waals surface area (Å²) in [6.07, 6.45) is 0. The van der Waals surface area contributed by atoms with Gasteiger partial charge in [-0.05, 0) is 30.3 Å². The highest BCUT2D eigenvalue weighted by Crippen LogP contribution is 2.28. The summed E-state index contributed by atoms with van der Waals surface area (Å²) in [5.74, 6) is -1.10. The van der Waals surface area contributed by atoms with Gasteiger partial charge in [0.05, 0.1) is 12.7 Å². The highest BCUT2D eigenvalue weighted by molar-refractivity contribution is 7.89. The van der Waals surface area contributed by atoms with Crippen molar-refractivity contribution < 1.29 is 27.5 Å². The molecule has 162 valence electrons. The molecule has 0 unspecified atom stereocenters. The fraction of sp³-hybridized carbons (Fsp3) is 0.333. The van der Waals surface area contributed by atoms with Crippen molar-refractivity contribution in [3.05, 3.63) is 54.1 Å². The van der Waals surface area contributed by atoms with Crippen LogP contribution in [0.4, 0.5) is 5.69 Å². The molecule has 0 aliphatic heterocycles. The second-order valence-electron chi connectivity index (χ2n) is 6.32. The Morgan fingerprint density at radius 1 is 1.00 bits per heavy atom. The van der Waals surface area contributed by atoms with Gasteiger partial charge in [0, 0.05) is 25.8 Å². The molecule has 0 heterocycles. The Balaban J connectivity index is 2.19. The molecule has 8 nitrogen and oxygen atoms in total. The fourth-order valence-electron chi connectivity index (χ4n) is 2.81. The minimum Gasteiger partial charge on any atom is -0.495 e. The Kier molecular flexibility index (Phi) is 7.96. The van der Waals surface area contributed by atoms with E-state index in [0.717, 1.165) is 0 Å². The van der Waals surface area contributed by atoms with Crippen LogP contribution in [-0.2, 0) is 19.6 Å². The maximum Gasteiger partial charge on any atom is 0.338 e. The summed E-state index contributed by atoms with van der Waals surface area (Å²) in [6.45, 7) is 3.52. The molecule has 0 aromatic heterocycles. The van der Waals surface area contributed by atoms with E-state index in [0.29, 0.717) is 5.69 Å². The molecule has 0 aliphatic carbocycles. The quantitative estimate of drug-likeness (QED) is 0.563. The monoisotopic (exact) mass is 434 g/mol. The summed E-state index contributed by atoms with van der Waals surface area (Å²) in [5.41, 5.74) is 0.673. The molecular formula is C21H26N2O6S. The number of amides is 1. The predicted octanol–water partition coefficient (Wildman–Crippen LogP) is 2.55. The van der Waals surface area contributed by atoms with Gasteiger partial charge in [-0.2, -0.15) is 4.31 Å². The average Bonchev–Trinajstić information content (AvgIpc) is 2.77. The van der Waals surface area contributed by atoms with Crippen LogP contribution in [0.15, 0.2) is 53.4 Å². The number of para-hydroxylation sites is 1. The third kappa shape index (κ3) is 5.17. The average molecular weight is 435 g/mol. The number of esters is 1. The highest BCUT2D eigenvalue weighted by Gasteiger charge is 2.27. The Hall–Kier alpha value is -2.91. The lowest BCUT2D eigenvalue weighted by molar-refractivity contribution is -0.121. The van der Waals surface area contributed by atoms with E-state index in [1.807, 2.05) is 6.07 Å². The topological polar surface area (TPSA) is 93.2 Å². The van der Waals surface area contributed by atoms with Crippen molar-refractivity contribution in [2.75, 3.05) is 38.8 Å². The van der Waals surface area contributed by atoms with E-state index in [1.165, 1.54) is 34.5 Å². The number of ether oxygens (including phenoxy) is 2. The van der Waals surface area contributed by atoms with Gasteiger partial charge in [-0.3, -0.25) is 4.79 Å². The summed E-state index contributed by atoms with van der Waals surface area (Å²) >= 11 is 0. The first-order chi connectivity index (χ1) is 14.3. The van der Waals surface area contributed by atoms with Crippen LogP contribution < -0.4 is 9.64 Å². The standard InChI is InChI=1S/C21H26N2O6S/c1-5-23(6-2)30(26,27)19-14-16(12-13-18(19)28-4)21(25)29-15-20(24)22(3)17-10-8-7-9-11-17/h7-14H,5-6,15H2,1-4H3. The van der Waals surface area contributed by atoms with Gasteiger partial charge in [0.1, 0.15) is 10.6 Å². The van der Waals surface area contributed by atoms with Crippen molar-refractivity contribution in [3.63, 3.8) is 0 Å². The summed E-state index contributed by atoms with van der Waals surface area (Å²) in [6, 6.07) is 12.9. The lowest BCUT2D eigenvalue weighted by Crippen LogP contribution is -2.31. The van der Waals surface area contributed by atoms with E-state index in [4.69, 9.17) is 9.47 Å².